The molecule has 0 unspecified atom stereocenters. The number of fused-ring (bicyclic) bond motifs is 1. The number of carboxylic acids is 1. The molecule has 3 aromatic rings. The van der Waals surface area contributed by atoms with E-state index in [4.69, 9.17) is 5.11 Å². The highest BCUT2D eigenvalue weighted by atomic mass is 16.4. The lowest BCUT2D eigenvalue weighted by Crippen LogP contribution is -1.98. The number of allylic oxidation sites excluding steroid dienone is 1. The maximum Gasteiger partial charge on any atom is 0.328 e. The van der Waals surface area contributed by atoms with Crippen LogP contribution >= 0.6 is 0 Å². The fourth-order valence-corrected chi connectivity index (χ4v) is 2.86. The van der Waals surface area contributed by atoms with E-state index >= 15 is 0 Å². The largest absolute Gasteiger partial charge is 0.478 e. The van der Waals surface area contributed by atoms with Gasteiger partial charge >= 0.3 is 5.97 Å². The van der Waals surface area contributed by atoms with Crippen molar-refractivity contribution in [2.75, 3.05) is 0 Å². The second-order valence-corrected chi connectivity index (χ2v) is 5.87. The number of rotatable bonds is 4. The van der Waals surface area contributed by atoms with Crippen molar-refractivity contribution >= 4 is 22.4 Å². The molecule has 0 bridgehead atoms. The molecular formula is C20H19NO2. The first-order chi connectivity index (χ1) is 11.0. The Morgan fingerprint density at radius 3 is 2.74 bits per heavy atom. The van der Waals surface area contributed by atoms with E-state index in [1.54, 1.807) is 0 Å². The van der Waals surface area contributed by atoms with Crippen molar-refractivity contribution in [3.63, 3.8) is 0 Å². The Morgan fingerprint density at radius 2 is 2.00 bits per heavy atom. The van der Waals surface area contributed by atoms with E-state index in [2.05, 4.69) is 54.1 Å². The van der Waals surface area contributed by atoms with Gasteiger partial charge in [-0.05, 0) is 48.7 Å². The highest BCUT2D eigenvalue weighted by Crippen LogP contribution is 2.23. The Morgan fingerprint density at radius 1 is 1.17 bits per heavy atom. The van der Waals surface area contributed by atoms with Crippen LogP contribution in [0.4, 0.5) is 0 Å². The molecule has 0 aliphatic carbocycles. The molecule has 0 spiro atoms. The Kier molecular flexibility index (Phi) is 4.02. The fourth-order valence-electron chi connectivity index (χ4n) is 2.86. The smallest absolute Gasteiger partial charge is 0.328 e. The van der Waals surface area contributed by atoms with Crippen molar-refractivity contribution in [2.45, 2.75) is 20.4 Å². The van der Waals surface area contributed by atoms with Crippen molar-refractivity contribution in [3.05, 3.63) is 77.5 Å². The lowest BCUT2D eigenvalue weighted by molar-refractivity contribution is -0.131. The van der Waals surface area contributed by atoms with E-state index in [1.807, 2.05) is 19.1 Å². The average molecular weight is 305 g/mol. The number of hydrogen-bond acceptors (Lipinski definition) is 1. The van der Waals surface area contributed by atoms with Gasteiger partial charge in [-0.2, -0.15) is 0 Å². The molecule has 1 heterocycles. The molecule has 2 aromatic carbocycles. The minimum atomic E-state index is -0.917. The number of nitrogens with zero attached hydrogens (tertiary/aromatic N) is 1. The summed E-state index contributed by atoms with van der Waals surface area (Å²) >= 11 is 0. The van der Waals surface area contributed by atoms with Crippen LogP contribution in [0.5, 0.6) is 0 Å². The molecule has 116 valence electrons. The van der Waals surface area contributed by atoms with E-state index in [0.717, 1.165) is 28.6 Å². The van der Waals surface area contributed by atoms with Crippen LogP contribution in [-0.4, -0.2) is 15.6 Å². The maximum absolute atomic E-state index is 10.8. The lowest BCUT2D eigenvalue weighted by atomic mass is 10.1. The van der Waals surface area contributed by atoms with Gasteiger partial charge in [0.15, 0.2) is 0 Å². The molecule has 0 radical (unpaired) electrons. The fraction of sp³-hybridized carbons (Fsp3) is 0.150. The monoisotopic (exact) mass is 305 g/mol. The number of hydrogen-bond donors (Lipinski definition) is 1. The number of carbonyl (C=O) groups is 1. The zero-order chi connectivity index (χ0) is 16.4. The highest BCUT2D eigenvalue weighted by molar-refractivity contribution is 5.91. The lowest BCUT2D eigenvalue weighted by Gasteiger charge is -2.08. The number of benzene rings is 2. The van der Waals surface area contributed by atoms with Crippen LogP contribution in [0.3, 0.4) is 0 Å². The third-order valence-corrected chi connectivity index (χ3v) is 4.00. The van der Waals surface area contributed by atoms with E-state index < -0.39 is 5.97 Å². The molecule has 0 aliphatic rings. The van der Waals surface area contributed by atoms with Crippen molar-refractivity contribution < 1.29 is 9.90 Å². The van der Waals surface area contributed by atoms with E-state index in [-0.39, 0.29) is 0 Å². The molecular weight excluding hydrogens is 286 g/mol. The Bertz CT molecular complexity index is 903. The summed E-state index contributed by atoms with van der Waals surface area (Å²) < 4.78 is 2.21. The van der Waals surface area contributed by atoms with Crippen molar-refractivity contribution in [2.24, 2.45) is 0 Å². The number of aromatic nitrogens is 1. The molecule has 0 aliphatic heterocycles. The standard InChI is InChI=1S/C20H19NO2/c1-14-4-3-5-16(10-14)13-21-9-8-18-12-17(6-7-19(18)21)15(2)11-20(22)23/h3-12H,13H2,1-2H3,(H,22,23)/b15-11+. The normalized spacial score (nSPS) is 11.8. The van der Waals surface area contributed by atoms with E-state index in [0.29, 0.717) is 0 Å². The van der Waals surface area contributed by atoms with Gasteiger partial charge in [0.1, 0.15) is 0 Å². The Balaban J connectivity index is 1.94. The van der Waals surface area contributed by atoms with Crippen molar-refractivity contribution in [1.29, 1.82) is 0 Å². The molecule has 0 saturated heterocycles. The number of aryl methyl sites for hydroxylation is 1. The van der Waals surface area contributed by atoms with E-state index in [9.17, 15) is 4.79 Å². The summed E-state index contributed by atoms with van der Waals surface area (Å²) in [7, 11) is 0. The van der Waals surface area contributed by atoms with Gasteiger partial charge in [0.05, 0.1) is 0 Å². The topological polar surface area (TPSA) is 42.2 Å². The van der Waals surface area contributed by atoms with Gasteiger partial charge in [-0.1, -0.05) is 35.9 Å². The molecule has 3 nitrogen and oxygen atoms in total. The zero-order valence-corrected chi connectivity index (χ0v) is 13.3. The predicted octanol–water partition coefficient (Wildman–Crippen LogP) is 4.49. The average Bonchev–Trinajstić information content (AvgIpc) is 2.89. The third kappa shape index (κ3) is 3.34. The molecule has 23 heavy (non-hydrogen) atoms. The molecule has 0 amide bonds. The molecule has 0 saturated carbocycles. The van der Waals surface area contributed by atoms with Gasteiger partial charge in [0.2, 0.25) is 0 Å². The van der Waals surface area contributed by atoms with Crippen LogP contribution in [0.2, 0.25) is 0 Å². The molecule has 0 fully saturated rings. The Hall–Kier alpha value is -2.81. The summed E-state index contributed by atoms with van der Waals surface area (Å²) in [6.45, 7) is 4.74. The number of carboxylic acid groups (broad SMARTS) is 1. The van der Waals surface area contributed by atoms with Gasteiger partial charge in [-0.3, -0.25) is 0 Å². The molecule has 1 N–H and O–H groups in total. The van der Waals surface area contributed by atoms with Crippen molar-refractivity contribution in [3.8, 4) is 0 Å². The van der Waals surface area contributed by atoms with Crippen LogP contribution in [0.15, 0.2) is 60.8 Å². The molecule has 0 atom stereocenters. The number of aliphatic carboxylic acids is 1. The first-order valence-electron chi connectivity index (χ1n) is 7.59. The Labute approximate surface area is 135 Å². The first kappa shape index (κ1) is 15.1. The summed E-state index contributed by atoms with van der Waals surface area (Å²) in [5.74, 6) is -0.917. The molecule has 3 heteroatoms. The summed E-state index contributed by atoms with van der Waals surface area (Å²) in [4.78, 5) is 10.8. The summed E-state index contributed by atoms with van der Waals surface area (Å²) in [6.07, 6.45) is 3.32. The maximum atomic E-state index is 10.8. The molecule has 3 rings (SSSR count). The third-order valence-electron chi connectivity index (χ3n) is 4.00. The minimum absolute atomic E-state index is 0.755. The van der Waals surface area contributed by atoms with Gasteiger partial charge in [-0.15, -0.1) is 0 Å². The first-order valence-corrected chi connectivity index (χ1v) is 7.59. The second kappa shape index (κ2) is 6.13. The SMILES string of the molecule is C/C(=C\C(=O)O)c1ccc2c(ccn2Cc2cccc(C)c2)c1. The van der Waals surface area contributed by atoms with Gasteiger partial charge < -0.3 is 9.67 Å². The van der Waals surface area contributed by atoms with E-state index in [1.165, 1.54) is 17.2 Å². The molecule has 1 aromatic heterocycles. The van der Waals surface area contributed by atoms with Crippen LogP contribution in [0, 0.1) is 6.92 Å². The quantitative estimate of drug-likeness (QED) is 0.722. The van der Waals surface area contributed by atoms with Crippen LogP contribution < -0.4 is 0 Å². The minimum Gasteiger partial charge on any atom is -0.478 e. The van der Waals surface area contributed by atoms with Gasteiger partial charge in [0, 0.05) is 29.7 Å². The van der Waals surface area contributed by atoms with Crippen LogP contribution in [-0.2, 0) is 11.3 Å². The summed E-state index contributed by atoms with van der Waals surface area (Å²) in [6, 6.07) is 16.6. The zero-order valence-electron chi connectivity index (χ0n) is 13.3. The highest BCUT2D eigenvalue weighted by Gasteiger charge is 2.05. The van der Waals surface area contributed by atoms with Crippen LogP contribution in [0.1, 0.15) is 23.6 Å². The van der Waals surface area contributed by atoms with Gasteiger partial charge in [0.25, 0.3) is 0 Å². The van der Waals surface area contributed by atoms with Crippen molar-refractivity contribution in [1.82, 2.24) is 4.57 Å². The summed E-state index contributed by atoms with van der Waals surface area (Å²) in [5.41, 5.74) is 5.38. The summed E-state index contributed by atoms with van der Waals surface area (Å²) in [5, 5.41) is 9.99. The predicted molar refractivity (Wildman–Crippen MR) is 93.5 cm³/mol. The second-order valence-electron chi connectivity index (χ2n) is 5.87. The van der Waals surface area contributed by atoms with Crippen LogP contribution in [0.25, 0.3) is 16.5 Å². The van der Waals surface area contributed by atoms with Gasteiger partial charge in [-0.25, -0.2) is 4.79 Å².